The molecule has 1 heterocycles. The molecule has 0 spiro atoms. The largest absolute Gasteiger partial charge is 0.353 e. The molecule has 0 saturated heterocycles. The number of pyridine rings is 1. The zero-order valence-corrected chi connectivity index (χ0v) is 17.2. The third kappa shape index (κ3) is 3.34. The zero-order chi connectivity index (χ0) is 19.4. The summed E-state index contributed by atoms with van der Waals surface area (Å²) in [4.78, 5) is 4.57. The molecule has 2 nitrogen and oxygen atoms in total. The first-order valence-corrected chi connectivity index (χ1v) is 10.1. The summed E-state index contributed by atoms with van der Waals surface area (Å²) in [6.45, 7) is 2.15. The average molecular weight is 429 g/mol. The highest BCUT2D eigenvalue weighted by atomic mass is 79.9. The summed E-state index contributed by atoms with van der Waals surface area (Å²) in [6, 6.07) is 33.4. The van der Waals surface area contributed by atoms with Gasteiger partial charge in [-0.1, -0.05) is 94.8 Å². The number of hydrogen-bond acceptors (Lipinski definition) is 2. The Morgan fingerprint density at radius 2 is 1.32 bits per heavy atom. The fourth-order valence-electron chi connectivity index (χ4n) is 3.71. The predicted molar refractivity (Wildman–Crippen MR) is 120 cm³/mol. The lowest BCUT2D eigenvalue weighted by atomic mass is 9.75. The lowest BCUT2D eigenvalue weighted by molar-refractivity contribution is 0.700. The molecule has 0 aliphatic heterocycles. The maximum absolute atomic E-state index is 4.57. The van der Waals surface area contributed by atoms with Gasteiger partial charge in [0.05, 0.1) is 0 Å². The van der Waals surface area contributed by atoms with E-state index in [0.717, 1.165) is 21.4 Å². The topological polar surface area (TPSA) is 24.9 Å². The highest BCUT2D eigenvalue weighted by molar-refractivity contribution is 9.10. The van der Waals surface area contributed by atoms with Gasteiger partial charge in [-0.2, -0.15) is 0 Å². The summed E-state index contributed by atoms with van der Waals surface area (Å²) in [5, 5.41) is 3.78. The van der Waals surface area contributed by atoms with E-state index in [-0.39, 0.29) is 0 Å². The van der Waals surface area contributed by atoms with Gasteiger partial charge in [-0.3, -0.25) is 0 Å². The van der Waals surface area contributed by atoms with Crippen LogP contribution in [0.2, 0.25) is 0 Å². The first-order chi connectivity index (χ1) is 13.7. The van der Waals surface area contributed by atoms with E-state index >= 15 is 0 Å². The van der Waals surface area contributed by atoms with Gasteiger partial charge in [-0.15, -0.1) is 0 Å². The van der Waals surface area contributed by atoms with E-state index in [4.69, 9.17) is 0 Å². The van der Waals surface area contributed by atoms with Crippen molar-refractivity contribution in [3.05, 3.63) is 130 Å². The summed E-state index contributed by atoms with van der Waals surface area (Å²) in [6.07, 6.45) is 1.82. The van der Waals surface area contributed by atoms with Crippen LogP contribution in [0.25, 0.3) is 0 Å². The van der Waals surface area contributed by atoms with Gasteiger partial charge in [-0.05, 0) is 47.4 Å². The first-order valence-electron chi connectivity index (χ1n) is 9.27. The highest BCUT2D eigenvalue weighted by Gasteiger charge is 2.38. The normalized spacial score (nSPS) is 11.2. The van der Waals surface area contributed by atoms with Crippen molar-refractivity contribution in [2.75, 3.05) is 5.32 Å². The van der Waals surface area contributed by atoms with Crippen LogP contribution in [0.1, 0.15) is 22.3 Å². The Balaban J connectivity index is 2.07. The molecule has 0 radical (unpaired) electrons. The molecule has 0 amide bonds. The minimum atomic E-state index is -0.579. The number of halogens is 1. The van der Waals surface area contributed by atoms with Crippen LogP contribution >= 0.6 is 15.9 Å². The molecule has 138 valence electrons. The molecule has 28 heavy (non-hydrogen) atoms. The van der Waals surface area contributed by atoms with E-state index in [1.807, 2.05) is 36.5 Å². The Bertz CT molecular complexity index is 1010. The number of nitrogens with one attached hydrogen (secondary N) is 1. The second-order valence-corrected chi connectivity index (χ2v) is 7.59. The third-order valence-electron chi connectivity index (χ3n) is 5.07. The molecule has 4 aromatic rings. The van der Waals surface area contributed by atoms with E-state index in [9.17, 15) is 0 Å². The summed E-state index contributed by atoms with van der Waals surface area (Å²) >= 11 is 3.73. The Morgan fingerprint density at radius 1 is 0.714 bits per heavy atom. The quantitative estimate of drug-likeness (QED) is 0.364. The molecular weight excluding hydrogens is 408 g/mol. The lowest BCUT2D eigenvalue weighted by Gasteiger charge is -2.38. The van der Waals surface area contributed by atoms with Gasteiger partial charge >= 0.3 is 0 Å². The molecule has 0 fully saturated rings. The Morgan fingerprint density at radius 3 is 1.89 bits per heavy atom. The molecule has 0 aliphatic rings. The zero-order valence-electron chi connectivity index (χ0n) is 15.6. The minimum absolute atomic E-state index is 0.579. The van der Waals surface area contributed by atoms with Crippen LogP contribution < -0.4 is 5.32 Å². The van der Waals surface area contributed by atoms with Crippen molar-refractivity contribution in [3.8, 4) is 0 Å². The molecule has 0 atom stereocenters. The smallest absolute Gasteiger partial charge is 0.127 e. The van der Waals surface area contributed by atoms with Gasteiger partial charge in [0.1, 0.15) is 11.4 Å². The molecule has 0 unspecified atom stereocenters. The summed E-state index contributed by atoms with van der Waals surface area (Å²) < 4.78 is 1.09. The molecular formula is C25H21BrN2. The fourth-order valence-corrected chi connectivity index (χ4v) is 4.07. The third-order valence-corrected chi connectivity index (χ3v) is 5.92. The molecule has 4 rings (SSSR count). The maximum Gasteiger partial charge on any atom is 0.127 e. The monoisotopic (exact) mass is 428 g/mol. The van der Waals surface area contributed by atoms with Crippen molar-refractivity contribution in [3.63, 3.8) is 0 Å². The number of hydrogen-bond donors (Lipinski definition) is 1. The predicted octanol–water partition coefficient (Wildman–Crippen LogP) is 6.56. The van der Waals surface area contributed by atoms with Crippen LogP contribution in [-0.4, -0.2) is 4.98 Å². The van der Waals surface area contributed by atoms with Crippen molar-refractivity contribution in [1.29, 1.82) is 0 Å². The van der Waals surface area contributed by atoms with Crippen molar-refractivity contribution in [2.45, 2.75) is 12.5 Å². The van der Waals surface area contributed by atoms with Gasteiger partial charge in [-0.25, -0.2) is 4.98 Å². The van der Waals surface area contributed by atoms with E-state index in [1.54, 1.807) is 0 Å². The number of anilines is 1. The summed E-state index contributed by atoms with van der Waals surface area (Å²) in [7, 11) is 0. The van der Waals surface area contributed by atoms with Crippen LogP contribution in [-0.2, 0) is 5.54 Å². The van der Waals surface area contributed by atoms with E-state index in [0.29, 0.717) is 0 Å². The van der Waals surface area contributed by atoms with Crippen molar-refractivity contribution >= 4 is 21.7 Å². The molecule has 3 aromatic carbocycles. The van der Waals surface area contributed by atoms with Crippen LogP contribution in [0.3, 0.4) is 0 Å². The first kappa shape index (κ1) is 18.5. The van der Waals surface area contributed by atoms with Crippen LogP contribution in [0.4, 0.5) is 5.82 Å². The number of benzene rings is 3. The molecule has 0 aliphatic carbocycles. The molecule has 1 aromatic heterocycles. The number of aromatic nitrogens is 1. The van der Waals surface area contributed by atoms with Gasteiger partial charge < -0.3 is 5.32 Å². The van der Waals surface area contributed by atoms with Crippen molar-refractivity contribution in [1.82, 2.24) is 4.98 Å². The summed E-state index contributed by atoms with van der Waals surface area (Å²) in [5.74, 6) is 0.828. The van der Waals surface area contributed by atoms with E-state index in [1.165, 1.54) is 11.1 Å². The van der Waals surface area contributed by atoms with Crippen molar-refractivity contribution < 1.29 is 0 Å². The van der Waals surface area contributed by atoms with Gasteiger partial charge in [0.2, 0.25) is 0 Å². The second kappa shape index (κ2) is 7.99. The van der Waals surface area contributed by atoms with Gasteiger partial charge in [0, 0.05) is 10.7 Å². The Labute approximate surface area is 174 Å². The second-order valence-electron chi connectivity index (χ2n) is 6.73. The van der Waals surface area contributed by atoms with Crippen LogP contribution in [0.5, 0.6) is 0 Å². The van der Waals surface area contributed by atoms with Crippen LogP contribution in [0, 0.1) is 6.92 Å². The minimum Gasteiger partial charge on any atom is -0.353 e. The number of nitrogens with zero attached hydrogens (tertiary/aromatic N) is 1. The maximum atomic E-state index is 4.57. The van der Waals surface area contributed by atoms with Crippen LogP contribution in [0.15, 0.2) is 108 Å². The van der Waals surface area contributed by atoms with Crippen molar-refractivity contribution in [2.24, 2.45) is 0 Å². The van der Waals surface area contributed by atoms with E-state index < -0.39 is 5.54 Å². The van der Waals surface area contributed by atoms with Gasteiger partial charge in [0.15, 0.2) is 0 Å². The van der Waals surface area contributed by atoms with Gasteiger partial charge in [0.25, 0.3) is 0 Å². The fraction of sp³-hybridized carbons (Fsp3) is 0.0800. The molecule has 1 N–H and O–H groups in total. The Kier molecular flexibility index (Phi) is 5.27. The average Bonchev–Trinajstić information content (AvgIpc) is 2.76. The Hall–Kier alpha value is -2.91. The molecule has 0 saturated carbocycles. The van der Waals surface area contributed by atoms with E-state index in [2.05, 4.69) is 99.9 Å². The SMILES string of the molecule is Cc1c(Br)cccc1C(Nc1ccccn1)(c1ccccc1)c1ccccc1. The molecule has 0 bridgehead atoms. The molecule has 3 heteroatoms. The number of rotatable bonds is 5. The highest BCUT2D eigenvalue weighted by Crippen LogP contribution is 2.42. The standard InChI is InChI=1S/C25H21BrN2/c1-19-22(15-10-16-23(19)26)25(20-11-4-2-5-12-20,21-13-6-3-7-14-21)28-24-17-8-9-18-27-24/h2-18H,1H3,(H,27,28). The summed E-state index contributed by atoms with van der Waals surface area (Å²) in [5.41, 5.74) is 4.12. The lowest BCUT2D eigenvalue weighted by Crippen LogP contribution is -2.39.